The number of morpholine rings is 1. The van der Waals surface area contributed by atoms with Crippen LogP contribution in [-0.4, -0.2) is 47.2 Å². The van der Waals surface area contributed by atoms with Gasteiger partial charge in [0.25, 0.3) is 0 Å². The minimum absolute atomic E-state index is 0.202. The summed E-state index contributed by atoms with van der Waals surface area (Å²) in [5.74, 6) is 0.183. The third kappa shape index (κ3) is 4.16. The lowest BCUT2D eigenvalue weighted by Crippen LogP contribution is -2.47. The molecule has 1 aromatic heterocycles. The molecule has 1 fully saturated rings. The Labute approximate surface area is 163 Å². The second-order valence-electron chi connectivity index (χ2n) is 6.16. The van der Waals surface area contributed by atoms with Crippen molar-refractivity contribution in [3.8, 4) is 5.88 Å². The molecule has 1 aliphatic heterocycles. The highest BCUT2D eigenvalue weighted by molar-refractivity contribution is 5.90. The molecule has 4 rings (SSSR count). The number of ether oxygens (including phenoxy) is 2. The zero-order chi connectivity index (χ0) is 19.2. The SMILES string of the molecule is O=C(Oc1ccnc(N(c2ccccc2)N2CCOCC2)n1)c1ccccc1. The highest BCUT2D eigenvalue weighted by Crippen LogP contribution is 2.26. The van der Waals surface area contributed by atoms with Crippen LogP contribution in [0.4, 0.5) is 11.6 Å². The minimum Gasteiger partial charge on any atom is -0.404 e. The first-order chi connectivity index (χ1) is 13.8. The van der Waals surface area contributed by atoms with Gasteiger partial charge in [0.15, 0.2) is 0 Å². The summed E-state index contributed by atoms with van der Waals surface area (Å²) in [6.07, 6.45) is 1.59. The van der Waals surface area contributed by atoms with E-state index in [0.717, 1.165) is 5.69 Å². The second kappa shape index (κ2) is 8.60. The molecular formula is C21H20N4O3. The Kier molecular flexibility index (Phi) is 5.56. The van der Waals surface area contributed by atoms with Crippen molar-refractivity contribution < 1.29 is 14.3 Å². The van der Waals surface area contributed by atoms with Gasteiger partial charge in [-0.1, -0.05) is 36.4 Å². The first kappa shape index (κ1) is 18.1. The fourth-order valence-corrected chi connectivity index (χ4v) is 2.95. The highest BCUT2D eigenvalue weighted by atomic mass is 16.5. The average molecular weight is 376 g/mol. The zero-order valence-corrected chi connectivity index (χ0v) is 15.3. The van der Waals surface area contributed by atoms with Crippen molar-refractivity contribution in [2.45, 2.75) is 0 Å². The number of hydrogen-bond donors (Lipinski definition) is 0. The van der Waals surface area contributed by atoms with Crippen molar-refractivity contribution >= 4 is 17.6 Å². The molecule has 0 radical (unpaired) electrons. The van der Waals surface area contributed by atoms with E-state index in [9.17, 15) is 4.79 Å². The van der Waals surface area contributed by atoms with Crippen molar-refractivity contribution in [1.82, 2.24) is 15.0 Å². The fraction of sp³-hybridized carbons (Fsp3) is 0.190. The second-order valence-corrected chi connectivity index (χ2v) is 6.16. The summed E-state index contributed by atoms with van der Waals surface area (Å²) in [7, 11) is 0. The number of esters is 1. The van der Waals surface area contributed by atoms with Gasteiger partial charge in [-0.25, -0.2) is 19.8 Å². The molecule has 0 aliphatic carbocycles. The van der Waals surface area contributed by atoms with E-state index in [2.05, 4.69) is 15.0 Å². The van der Waals surface area contributed by atoms with Crippen LogP contribution in [0.25, 0.3) is 0 Å². The summed E-state index contributed by atoms with van der Waals surface area (Å²) in [5.41, 5.74) is 1.40. The van der Waals surface area contributed by atoms with Crippen molar-refractivity contribution in [1.29, 1.82) is 0 Å². The van der Waals surface area contributed by atoms with E-state index in [1.807, 2.05) is 41.4 Å². The molecule has 1 saturated heterocycles. The summed E-state index contributed by atoms with van der Waals surface area (Å²) in [4.78, 5) is 21.2. The van der Waals surface area contributed by atoms with Gasteiger partial charge in [-0.05, 0) is 24.3 Å². The van der Waals surface area contributed by atoms with Crippen molar-refractivity contribution in [3.63, 3.8) is 0 Å². The summed E-state index contributed by atoms with van der Waals surface area (Å²) in [6, 6.07) is 20.3. The predicted molar refractivity (Wildman–Crippen MR) is 104 cm³/mol. The normalized spacial score (nSPS) is 14.4. The van der Waals surface area contributed by atoms with Gasteiger partial charge >= 0.3 is 5.97 Å². The standard InChI is InChI=1S/C21H20N4O3/c26-20(17-7-3-1-4-8-17)28-19-11-12-22-21(23-19)25(18-9-5-2-6-10-18)24-13-15-27-16-14-24/h1-12H,13-16H2. The largest absolute Gasteiger partial charge is 0.404 e. The Hall–Kier alpha value is -3.29. The van der Waals surface area contributed by atoms with E-state index in [0.29, 0.717) is 37.8 Å². The Morgan fingerprint density at radius 3 is 2.36 bits per heavy atom. The highest BCUT2D eigenvalue weighted by Gasteiger charge is 2.23. The van der Waals surface area contributed by atoms with Crippen LogP contribution in [0.2, 0.25) is 0 Å². The number of para-hydroxylation sites is 1. The van der Waals surface area contributed by atoms with Crippen LogP contribution in [0.3, 0.4) is 0 Å². The molecule has 0 bridgehead atoms. The smallest absolute Gasteiger partial charge is 0.344 e. The van der Waals surface area contributed by atoms with Gasteiger partial charge < -0.3 is 9.47 Å². The van der Waals surface area contributed by atoms with E-state index in [1.165, 1.54) is 0 Å². The molecule has 0 saturated carbocycles. The number of carbonyl (C=O) groups excluding carboxylic acids is 1. The van der Waals surface area contributed by atoms with Crippen LogP contribution in [0.1, 0.15) is 10.4 Å². The lowest BCUT2D eigenvalue weighted by atomic mass is 10.2. The lowest BCUT2D eigenvalue weighted by Gasteiger charge is -2.37. The maximum absolute atomic E-state index is 12.3. The number of hydrazine groups is 1. The van der Waals surface area contributed by atoms with Gasteiger partial charge in [0.1, 0.15) is 0 Å². The molecule has 0 atom stereocenters. The molecule has 2 heterocycles. The van der Waals surface area contributed by atoms with Crippen LogP contribution in [0.5, 0.6) is 5.88 Å². The van der Waals surface area contributed by atoms with E-state index in [-0.39, 0.29) is 5.88 Å². The van der Waals surface area contributed by atoms with Gasteiger partial charge in [-0.2, -0.15) is 4.98 Å². The third-order valence-corrected chi connectivity index (χ3v) is 4.28. The first-order valence-electron chi connectivity index (χ1n) is 9.09. The van der Waals surface area contributed by atoms with Gasteiger partial charge in [-0.3, -0.25) is 0 Å². The summed E-state index contributed by atoms with van der Waals surface area (Å²) in [5, 5.41) is 4.05. The number of nitrogens with zero attached hydrogens (tertiary/aromatic N) is 4. The number of carbonyl (C=O) groups is 1. The summed E-state index contributed by atoms with van der Waals surface area (Å²) >= 11 is 0. The molecule has 0 N–H and O–H groups in total. The monoisotopic (exact) mass is 376 g/mol. The Morgan fingerprint density at radius 1 is 0.964 bits per heavy atom. The fourth-order valence-electron chi connectivity index (χ4n) is 2.95. The number of anilines is 2. The topological polar surface area (TPSA) is 67.8 Å². The van der Waals surface area contributed by atoms with Crippen LogP contribution in [-0.2, 0) is 4.74 Å². The van der Waals surface area contributed by atoms with E-state index in [1.54, 1.807) is 36.5 Å². The maximum Gasteiger partial charge on any atom is 0.344 e. The number of hydrogen-bond acceptors (Lipinski definition) is 7. The van der Waals surface area contributed by atoms with Crippen LogP contribution in [0, 0.1) is 0 Å². The molecule has 28 heavy (non-hydrogen) atoms. The molecule has 0 unspecified atom stereocenters. The van der Waals surface area contributed by atoms with Crippen LogP contribution < -0.4 is 9.75 Å². The Balaban J connectivity index is 1.62. The summed E-state index contributed by atoms with van der Waals surface area (Å²) < 4.78 is 10.9. The van der Waals surface area contributed by atoms with Gasteiger partial charge in [0.2, 0.25) is 11.8 Å². The molecule has 7 nitrogen and oxygen atoms in total. The number of benzene rings is 2. The van der Waals surface area contributed by atoms with E-state index in [4.69, 9.17) is 9.47 Å². The number of rotatable bonds is 5. The molecule has 1 aliphatic rings. The predicted octanol–water partition coefficient (Wildman–Crippen LogP) is 3.08. The Bertz CT molecular complexity index is 915. The van der Waals surface area contributed by atoms with Crippen molar-refractivity contribution in [3.05, 3.63) is 78.5 Å². The Morgan fingerprint density at radius 2 is 1.64 bits per heavy atom. The van der Waals surface area contributed by atoms with Gasteiger partial charge in [0, 0.05) is 25.4 Å². The summed E-state index contributed by atoms with van der Waals surface area (Å²) in [6.45, 7) is 2.69. The third-order valence-electron chi connectivity index (χ3n) is 4.28. The average Bonchev–Trinajstić information content (AvgIpc) is 2.76. The molecule has 0 spiro atoms. The maximum atomic E-state index is 12.3. The van der Waals surface area contributed by atoms with Crippen molar-refractivity contribution in [2.75, 3.05) is 31.3 Å². The molecule has 3 aromatic rings. The minimum atomic E-state index is -0.456. The molecular weight excluding hydrogens is 356 g/mol. The lowest BCUT2D eigenvalue weighted by molar-refractivity contribution is 0.0371. The number of aromatic nitrogens is 2. The van der Waals surface area contributed by atoms with Gasteiger partial charge in [-0.15, -0.1) is 0 Å². The zero-order valence-electron chi connectivity index (χ0n) is 15.3. The molecule has 7 heteroatoms. The van der Waals surface area contributed by atoms with Crippen molar-refractivity contribution in [2.24, 2.45) is 0 Å². The van der Waals surface area contributed by atoms with E-state index >= 15 is 0 Å². The molecule has 142 valence electrons. The molecule has 2 aromatic carbocycles. The van der Waals surface area contributed by atoms with Crippen LogP contribution in [0.15, 0.2) is 72.9 Å². The quantitative estimate of drug-likeness (QED) is 0.634. The van der Waals surface area contributed by atoms with Gasteiger partial charge in [0.05, 0.1) is 24.5 Å². The first-order valence-corrected chi connectivity index (χ1v) is 9.09. The van der Waals surface area contributed by atoms with E-state index < -0.39 is 5.97 Å². The molecule has 0 amide bonds. The van der Waals surface area contributed by atoms with Crippen LogP contribution >= 0.6 is 0 Å².